The van der Waals surface area contributed by atoms with Gasteiger partial charge in [-0.2, -0.15) is 3.93 Å². The molecule has 0 N–H and O–H groups in total. The first-order valence-electron chi connectivity index (χ1n) is 8.10. The zero-order valence-corrected chi connectivity index (χ0v) is 15.4. The van der Waals surface area contributed by atoms with Crippen molar-refractivity contribution in [3.05, 3.63) is 0 Å². The Hall–Kier alpha value is -0.100. The topological polar surface area (TPSA) is 40.6 Å². The SMILES string of the molecule is O=C1N(Br)C(=O)C(C2CCCCC2)(C2CCCCC2)N1Br. The summed E-state index contributed by atoms with van der Waals surface area (Å²) in [7, 11) is 0. The van der Waals surface area contributed by atoms with Gasteiger partial charge in [0.25, 0.3) is 5.91 Å². The van der Waals surface area contributed by atoms with E-state index in [1.807, 2.05) is 0 Å². The molecule has 3 rings (SSSR count). The lowest BCUT2D eigenvalue weighted by Crippen LogP contribution is -2.58. The molecule has 2 saturated carbocycles. The number of hydrogen-bond donors (Lipinski definition) is 0. The molecule has 0 radical (unpaired) electrons. The second kappa shape index (κ2) is 6.19. The van der Waals surface area contributed by atoms with Crippen molar-refractivity contribution in [3.63, 3.8) is 0 Å². The summed E-state index contributed by atoms with van der Waals surface area (Å²) in [5, 5.41) is 0. The smallest absolute Gasteiger partial charge is 0.271 e. The maximum Gasteiger partial charge on any atom is 0.348 e. The van der Waals surface area contributed by atoms with E-state index in [0.29, 0.717) is 0 Å². The van der Waals surface area contributed by atoms with Crippen LogP contribution in [0.15, 0.2) is 0 Å². The fourth-order valence-corrected chi connectivity index (χ4v) is 6.20. The van der Waals surface area contributed by atoms with Gasteiger partial charge in [0, 0.05) is 0 Å². The third-order valence-corrected chi connectivity index (χ3v) is 7.15. The lowest BCUT2D eigenvalue weighted by Gasteiger charge is -2.46. The molecular weight excluding hydrogens is 400 g/mol. The summed E-state index contributed by atoms with van der Waals surface area (Å²) in [6.07, 6.45) is 11.4. The van der Waals surface area contributed by atoms with Crippen molar-refractivity contribution in [2.75, 3.05) is 0 Å². The Morgan fingerprint density at radius 2 is 1.24 bits per heavy atom. The number of nitrogens with zero attached hydrogens (tertiary/aromatic N) is 2. The van der Waals surface area contributed by atoms with Gasteiger partial charge in [-0.15, -0.1) is 0 Å². The molecule has 3 fully saturated rings. The molecule has 0 unspecified atom stereocenters. The minimum Gasteiger partial charge on any atom is -0.271 e. The number of halogens is 2. The lowest BCUT2D eigenvalue weighted by atomic mass is 9.64. The van der Waals surface area contributed by atoms with Crippen molar-refractivity contribution in [3.8, 4) is 0 Å². The number of hydrogen-bond acceptors (Lipinski definition) is 2. The summed E-state index contributed by atoms with van der Waals surface area (Å²) in [5.74, 6) is 0.517. The first-order valence-corrected chi connectivity index (χ1v) is 9.52. The van der Waals surface area contributed by atoms with E-state index in [4.69, 9.17) is 0 Å². The fourth-order valence-electron chi connectivity index (χ4n) is 4.65. The summed E-state index contributed by atoms with van der Waals surface area (Å²) >= 11 is 6.65. The molecule has 6 heteroatoms. The predicted molar refractivity (Wildman–Crippen MR) is 87.8 cm³/mol. The molecule has 0 aromatic heterocycles. The van der Waals surface area contributed by atoms with Crippen LogP contribution < -0.4 is 0 Å². The summed E-state index contributed by atoms with van der Waals surface area (Å²) in [5.41, 5.74) is -0.665. The van der Waals surface area contributed by atoms with Gasteiger partial charge in [-0.1, -0.05) is 38.5 Å². The van der Waals surface area contributed by atoms with Crippen LogP contribution in [-0.4, -0.2) is 25.3 Å². The molecule has 0 aromatic rings. The van der Waals surface area contributed by atoms with Crippen LogP contribution >= 0.6 is 32.3 Å². The highest BCUT2D eigenvalue weighted by molar-refractivity contribution is 9.08. The van der Waals surface area contributed by atoms with Crippen molar-refractivity contribution in [1.29, 1.82) is 0 Å². The zero-order chi connectivity index (χ0) is 15.0. The number of urea groups is 1. The van der Waals surface area contributed by atoms with Gasteiger partial charge in [0.1, 0.15) is 5.54 Å². The molecule has 118 valence electrons. The first kappa shape index (κ1) is 15.8. The molecule has 0 aromatic carbocycles. The van der Waals surface area contributed by atoms with Gasteiger partial charge in [0.15, 0.2) is 0 Å². The Kier molecular flexibility index (Phi) is 4.65. The summed E-state index contributed by atoms with van der Waals surface area (Å²) in [6, 6.07) is -0.267. The maximum atomic E-state index is 13.0. The molecule has 0 spiro atoms. The average Bonchev–Trinajstić information content (AvgIpc) is 2.71. The molecule has 21 heavy (non-hydrogen) atoms. The van der Waals surface area contributed by atoms with Crippen LogP contribution in [0.2, 0.25) is 0 Å². The van der Waals surface area contributed by atoms with Gasteiger partial charge in [-0.25, -0.2) is 8.72 Å². The van der Waals surface area contributed by atoms with E-state index in [2.05, 4.69) is 32.3 Å². The molecule has 0 bridgehead atoms. The minimum atomic E-state index is -0.665. The number of carbonyl (C=O) groups is 2. The third-order valence-electron chi connectivity index (χ3n) is 5.64. The van der Waals surface area contributed by atoms with Crippen molar-refractivity contribution in [2.45, 2.75) is 69.7 Å². The predicted octanol–water partition coefficient (Wildman–Crippen LogP) is 4.77. The van der Waals surface area contributed by atoms with Gasteiger partial charge in [-0.3, -0.25) is 4.79 Å². The van der Waals surface area contributed by atoms with Gasteiger partial charge >= 0.3 is 6.03 Å². The van der Waals surface area contributed by atoms with E-state index in [9.17, 15) is 9.59 Å². The first-order chi connectivity index (χ1) is 10.1. The Morgan fingerprint density at radius 3 is 1.57 bits per heavy atom. The molecule has 3 aliphatic rings. The maximum absolute atomic E-state index is 13.0. The number of amides is 3. The fraction of sp³-hybridized carbons (Fsp3) is 0.867. The molecule has 1 aliphatic heterocycles. The number of imide groups is 1. The van der Waals surface area contributed by atoms with Crippen molar-refractivity contribution in [1.82, 2.24) is 7.85 Å². The quantitative estimate of drug-likeness (QED) is 0.475. The van der Waals surface area contributed by atoms with E-state index >= 15 is 0 Å². The largest absolute Gasteiger partial charge is 0.348 e. The molecule has 3 amide bonds. The lowest BCUT2D eigenvalue weighted by molar-refractivity contribution is -0.135. The van der Waals surface area contributed by atoms with E-state index in [1.165, 1.54) is 38.5 Å². The molecular formula is C15H22Br2N2O2. The van der Waals surface area contributed by atoms with E-state index in [1.54, 1.807) is 3.93 Å². The van der Waals surface area contributed by atoms with Gasteiger partial charge in [-0.05, 0) is 37.5 Å². The highest BCUT2D eigenvalue weighted by Gasteiger charge is 2.63. The highest BCUT2D eigenvalue weighted by Crippen LogP contribution is 2.52. The molecule has 2 aliphatic carbocycles. The molecule has 4 nitrogen and oxygen atoms in total. The zero-order valence-electron chi connectivity index (χ0n) is 12.2. The molecule has 1 heterocycles. The van der Waals surface area contributed by atoms with Crippen LogP contribution in [0.5, 0.6) is 0 Å². The Bertz CT molecular complexity index is 413. The molecule has 0 atom stereocenters. The Balaban J connectivity index is 2.01. The average molecular weight is 422 g/mol. The Labute approximate surface area is 143 Å². The second-order valence-electron chi connectivity index (χ2n) is 6.64. The Morgan fingerprint density at radius 1 is 0.810 bits per heavy atom. The minimum absolute atomic E-state index is 0.0526. The van der Waals surface area contributed by atoms with Gasteiger partial charge in [0.05, 0.1) is 32.3 Å². The van der Waals surface area contributed by atoms with E-state index in [-0.39, 0.29) is 23.8 Å². The monoisotopic (exact) mass is 420 g/mol. The van der Waals surface area contributed by atoms with Crippen LogP contribution in [0, 0.1) is 11.8 Å². The van der Waals surface area contributed by atoms with Gasteiger partial charge in [0.2, 0.25) is 0 Å². The summed E-state index contributed by atoms with van der Waals surface area (Å²) in [4.78, 5) is 25.4. The second-order valence-corrected chi connectivity index (χ2v) is 8.06. The molecule has 1 saturated heterocycles. The van der Waals surface area contributed by atoms with Crippen molar-refractivity contribution < 1.29 is 9.59 Å². The number of rotatable bonds is 2. The van der Waals surface area contributed by atoms with Crippen LogP contribution in [0.3, 0.4) is 0 Å². The van der Waals surface area contributed by atoms with Gasteiger partial charge < -0.3 is 0 Å². The number of carbonyl (C=O) groups excluding carboxylic acids is 2. The highest BCUT2D eigenvalue weighted by atomic mass is 79.9. The third kappa shape index (κ3) is 2.37. The van der Waals surface area contributed by atoms with Crippen LogP contribution in [-0.2, 0) is 4.79 Å². The summed E-state index contributed by atoms with van der Waals surface area (Å²) in [6.45, 7) is 0. The summed E-state index contributed by atoms with van der Waals surface area (Å²) < 4.78 is 2.73. The normalized spacial score (nSPS) is 28.5. The standard InChI is InChI=1S/C15H22Br2N2O2/c16-18-13(20)15(19(17)14(18)21,11-7-3-1-4-8-11)12-9-5-2-6-10-12/h11-12H,1-10H2. The van der Waals surface area contributed by atoms with Crippen molar-refractivity contribution in [2.24, 2.45) is 11.8 Å². The van der Waals surface area contributed by atoms with Crippen molar-refractivity contribution >= 4 is 44.2 Å². The van der Waals surface area contributed by atoms with Crippen LogP contribution in [0.4, 0.5) is 4.79 Å². The van der Waals surface area contributed by atoms with Crippen LogP contribution in [0.25, 0.3) is 0 Å². The van der Waals surface area contributed by atoms with E-state index in [0.717, 1.165) is 29.6 Å². The van der Waals surface area contributed by atoms with Crippen LogP contribution in [0.1, 0.15) is 64.2 Å². The van der Waals surface area contributed by atoms with E-state index < -0.39 is 5.54 Å².